The number of rotatable bonds is 1. The molecular weight excluding hydrogens is 220 g/mol. The van der Waals surface area contributed by atoms with Gasteiger partial charge in [-0.25, -0.2) is 0 Å². The fraction of sp³-hybridized carbons (Fsp3) is 0.818. The smallest absolute Gasteiger partial charge is 0.233 e. The summed E-state index contributed by atoms with van der Waals surface area (Å²) < 4.78 is 4.06. The van der Waals surface area contributed by atoms with Gasteiger partial charge in [0.05, 0.1) is 0 Å². The summed E-state index contributed by atoms with van der Waals surface area (Å²) in [6, 6.07) is 0. The highest BCUT2D eigenvalue weighted by atomic mass is 32.1. The topological polar surface area (TPSA) is 55.0 Å². The second kappa shape index (κ2) is 4.20. The van der Waals surface area contributed by atoms with Gasteiger partial charge in [-0.3, -0.25) is 0 Å². The molecule has 5 heteroatoms. The third-order valence-corrected chi connectivity index (χ3v) is 4.78. The summed E-state index contributed by atoms with van der Waals surface area (Å²) in [5, 5.41) is 1.02. The maximum absolute atomic E-state index is 5.58. The zero-order valence-electron chi connectivity index (χ0n) is 9.43. The molecule has 1 aliphatic carbocycles. The second-order valence-corrected chi connectivity index (χ2v) is 5.70. The third-order valence-electron chi connectivity index (χ3n) is 3.99. The molecule has 16 heavy (non-hydrogen) atoms. The van der Waals surface area contributed by atoms with Crippen LogP contribution in [0.3, 0.4) is 0 Å². The maximum Gasteiger partial charge on any atom is 0.233 e. The number of hydrogen-bond acceptors (Lipinski definition) is 5. The van der Waals surface area contributed by atoms with Crippen LogP contribution in [0.25, 0.3) is 0 Å². The molecule has 2 unspecified atom stereocenters. The van der Waals surface area contributed by atoms with E-state index >= 15 is 0 Å². The molecule has 0 bridgehead atoms. The first-order valence-corrected chi connectivity index (χ1v) is 6.94. The Morgan fingerprint density at radius 1 is 1.19 bits per heavy atom. The average Bonchev–Trinajstić information content (AvgIpc) is 2.75. The number of anilines is 2. The molecule has 2 N–H and O–H groups in total. The molecule has 2 heterocycles. The van der Waals surface area contributed by atoms with Gasteiger partial charge in [-0.15, -0.1) is 0 Å². The van der Waals surface area contributed by atoms with E-state index in [1.54, 1.807) is 0 Å². The van der Waals surface area contributed by atoms with Gasteiger partial charge >= 0.3 is 0 Å². The van der Waals surface area contributed by atoms with Crippen LogP contribution in [-0.4, -0.2) is 22.4 Å². The van der Waals surface area contributed by atoms with Crippen molar-refractivity contribution in [1.29, 1.82) is 0 Å². The van der Waals surface area contributed by atoms with E-state index in [4.69, 9.17) is 5.73 Å². The fourth-order valence-corrected chi connectivity index (χ4v) is 3.76. The van der Waals surface area contributed by atoms with Crippen molar-refractivity contribution in [3.05, 3.63) is 0 Å². The van der Waals surface area contributed by atoms with Gasteiger partial charge in [0.2, 0.25) is 11.1 Å². The molecule has 1 aromatic rings. The molecule has 1 aromatic heterocycles. The SMILES string of the molecule is Nc1nsc(N2CCC3CCCCC3C2)n1. The van der Waals surface area contributed by atoms with E-state index in [2.05, 4.69) is 14.3 Å². The summed E-state index contributed by atoms with van der Waals surface area (Å²) in [5.74, 6) is 2.27. The van der Waals surface area contributed by atoms with Crippen LogP contribution < -0.4 is 10.6 Å². The van der Waals surface area contributed by atoms with Crippen LogP contribution in [0.5, 0.6) is 0 Å². The van der Waals surface area contributed by atoms with Gasteiger partial charge in [-0.05, 0) is 24.7 Å². The van der Waals surface area contributed by atoms with Gasteiger partial charge in [-0.2, -0.15) is 9.36 Å². The number of nitrogens with zero attached hydrogens (tertiary/aromatic N) is 3. The molecule has 0 aromatic carbocycles. The predicted molar refractivity (Wildman–Crippen MR) is 66.6 cm³/mol. The molecule has 88 valence electrons. The van der Waals surface area contributed by atoms with Crippen molar-refractivity contribution < 1.29 is 0 Å². The number of aromatic nitrogens is 2. The molecular formula is C11H18N4S. The normalized spacial score (nSPS) is 30.1. The maximum atomic E-state index is 5.58. The van der Waals surface area contributed by atoms with E-state index < -0.39 is 0 Å². The number of fused-ring (bicyclic) bond motifs is 1. The summed E-state index contributed by atoms with van der Waals surface area (Å²) in [4.78, 5) is 6.66. The van der Waals surface area contributed by atoms with Crippen LogP contribution in [0, 0.1) is 11.8 Å². The van der Waals surface area contributed by atoms with Crippen molar-refractivity contribution in [1.82, 2.24) is 9.36 Å². The molecule has 1 aliphatic heterocycles. The standard InChI is InChI=1S/C11H18N4S/c12-10-13-11(16-14-10)15-6-5-8-3-1-2-4-9(8)7-15/h8-9H,1-7H2,(H2,12,14). The van der Waals surface area contributed by atoms with Crippen molar-refractivity contribution in [2.24, 2.45) is 11.8 Å². The highest BCUT2D eigenvalue weighted by Crippen LogP contribution is 2.37. The molecule has 0 radical (unpaired) electrons. The molecule has 3 rings (SSSR count). The first-order chi connectivity index (χ1) is 7.83. The van der Waals surface area contributed by atoms with Gasteiger partial charge in [0.15, 0.2) is 0 Å². The third kappa shape index (κ3) is 1.88. The van der Waals surface area contributed by atoms with Gasteiger partial charge in [0, 0.05) is 24.6 Å². The van der Waals surface area contributed by atoms with Crippen molar-refractivity contribution >= 4 is 22.6 Å². The van der Waals surface area contributed by atoms with Crippen molar-refractivity contribution in [3.63, 3.8) is 0 Å². The molecule has 2 fully saturated rings. The number of nitrogens with two attached hydrogens (primary N) is 1. The Morgan fingerprint density at radius 3 is 2.75 bits per heavy atom. The molecule has 1 saturated carbocycles. The Labute approximate surface area is 100 Å². The zero-order chi connectivity index (χ0) is 11.0. The van der Waals surface area contributed by atoms with Gasteiger partial charge in [0.25, 0.3) is 0 Å². The monoisotopic (exact) mass is 238 g/mol. The summed E-state index contributed by atoms with van der Waals surface area (Å²) in [6.45, 7) is 2.30. The van der Waals surface area contributed by atoms with Crippen molar-refractivity contribution in [2.75, 3.05) is 23.7 Å². The Hall–Kier alpha value is -0.840. The quantitative estimate of drug-likeness (QED) is 0.814. The van der Waals surface area contributed by atoms with Crippen LogP contribution in [0.2, 0.25) is 0 Å². The Morgan fingerprint density at radius 2 is 2.00 bits per heavy atom. The minimum absolute atomic E-state index is 0.422. The lowest BCUT2D eigenvalue weighted by Crippen LogP contribution is -2.41. The molecule has 1 saturated heterocycles. The minimum Gasteiger partial charge on any atom is -0.367 e. The van der Waals surface area contributed by atoms with Crippen molar-refractivity contribution in [3.8, 4) is 0 Å². The van der Waals surface area contributed by atoms with Gasteiger partial charge in [-0.1, -0.05) is 19.3 Å². The lowest BCUT2D eigenvalue weighted by molar-refractivity contribution is 0.202. The highest BCUT2D eigenvalue weighted by molar-refractivity contribution is 7.09. The number of piperidine rings is 1. The first-order valence-electron chi connectivity index (χ1n) is 6.17. The molecule has 0 amide bonds. The molecule has 2 atom stereocenters. The molecule has 4 nitrogen and oxygen atoms in total. The lowest BCUT2D eigenvalue weighted by Gasteiger charge is -2.41. The predicted octanol–water partition coefficient (Wildman–Crippen LogP) is 2.14. The zero-order valence-corrected chi connectivity index (χ0v) is 10.2. The van der Waals surface area contributed by atoms with Gasteiger partial charge < -0.3 is 10.6 Å². The van der Waals surface area contributed by atoms with E-state index in [9.17, 15) is 0 Å². The van der Waals surface area contributed by atoms with E-state index in [0.717, 1.165) is 23.5 Å². The highest BCUT2D eigenvalue weighted by Gasteiger charge is 2.32. The van der Waals surface area contributed by atoms with E-state index in [0.29, 0.717) is 5.95 Å². The summed E-state index contributed by atoms with van der Waals surface area (Å²) in [5.41, 5.74) is 5.58. The van der Waals surface area contributed by atoms with Crippen LogP contribution in [0.15, 0.2) is 0 Å². The van der Waals surface area contributed by atoms with Gasteiger partial charge in [0.1, 0.15) is 0 Å². The summed E-state index contributed by atoms with van der Waals surface area (Å²) in [7, 11) is 0. The van der Waals surface area contributed by atoms with Crippen LogP contribution in [0.1, 0.15) is 32.1 Å². The van der Waals surface area contributed by atoms with E-state index in [1.807, 2.05) is 0 Å². The first kappa shape index (κ1) is 10.3. The number of hydrogen-bond donors (Lipinski definition) is 1. The Kier molecular flexibility index (Phi) is 2.71. The minimum atomic E-state index is 0.422. The van der Waals surface area contributed by atoms with E-state index in [-0.39, 0.29) is 0 Å². The summed E-state index contributed by atoms with van der Waals surface area (Å²) >= 11 is 1.44. The lowest BCUT2D eigenvalue weighted by atomic mass is 9.75. The van der Waals surface area contributed by atoms with E-state index in [1.165, 1.54) is 50.2 Å². The molecule has 0 spiro atoms. The Balaban J connectivity index is 1.70. The fourth-order valence-electron chi connectivity index (χ4n) is 3.13. The largest absolute Gasteiger partial charge is 0.367 e. The number of nitrogen functional groups attached to an aromatic ring is 1. The van der Waals surface area contributed by atoms with Crippen molar-refractivity contribution in [2.45, 2.75) is 32.1 Å². The van der Waals surface area contributed by atoms with Crippen LogP contribution in [0.4, 0.5) is 11.1 Å². The average molecular weight is 238 g/mol. The summed E-state index contributed by atoms with van der Waals surface area (Å²) in [6.07, 6.45) is 7.01. The van der Waals surface area contributed by atoms with Crippen LogP contribution >= 0.6 is 11.5 Å². The Bertz CT molecular complexity index is 365. The van der Waals surface area contributed by atoms with Crippen LogP contribution in [-0.2, 0) is 0 Å². The molecule has 2 aliphatic rings. The second-order valence-electron chi connectivity index (χ2n) is 4.97.